The molecule has 0 aliphatic carbocycles. The Balaban J connectivity index is 2.06. The summed E-state index contributed by atoms with van der Waals surface area (Å²) in [6.45, 7) is 3.04. The Morgan fingerprint density at radius 3 is 2.67 bits per heavy atom. The second-order valence-electron chi connectivity index (χ2n) is 4.85. The Labute approximate surface area is 138 Å². The molecule has 1 atom stereocenters. The standard InChI is InChI=1S/C13H21FN5O4P/c1-3-22-24(20,23-4-2)9-21-11(6-14)5-10-7-16-13-12(15)17-8-18-19(10)13/h7-8,11H,3-6,9H2,1-2H3,(H2,15,17,18)/t11-/m0/s1. The van der Waals surface area contributed by atoms with Crippen molar-refractivity contribution in [2.75, 3.05) is 32.0 Å². The maximum Gasteiger partial charge on any atom is 0.356 e. The summed E-state index contributed by atoms with van der Waals surface area (Å²) in [6, 6.07) is 0. The third-order valence-corrected chi connectivity index (χ3v) is 4.90. The van der Waals surface area contributed by atoms with Crippen LogP contribution in [0.15, 0.2) is 12.5 Å². The molecule has 2 aromatic rings. The van der Waals surface area contributed by atoms with Crippen LogP contribution in [0.3, 0.4) is 0 Å². The highest BCUT2D eigenvalue weighted by atomic mass is 31.2. The number of imidazole rings is 1. The van der Waals surface area contributed by atoms with Gasteiger partial charge in [0.2, 0.25) is 0 Å². The molecule has 0 aliphatic rings. The van der Waals surface area contributed by atoms with E-state index in [0.29, 0.717) is 11.3 Å². The van der Waals surface area contributed by atoms with Crippen molar-refractivity contribution in [1.29, 1.82) is 0 Å². The van der Waals surface area contributed by atoms with Gasteiger partial charge in [0.1, 0.15) is 19.3 Å². The van der Waals surface area contributed by atoms with Crippen molar-refractivity contribution < 1.29 is 22.7 Å². The van der Waals surface area contributed by atoms with Crippen LogP contribution in [0.2, 0.25) is 0 Å². The summed E-state index contributed by atoms with van der Waals surface area (Å²) in [5, 5.41) is 4.04. The smallest absolute Gasteiger partial charge is 0.356 e. The van der Waals surface area contributed by atoms with E-state index in [-0.39, 0.29) is 31.8 Å². The lowest BCUT2D eigenvalue weighted by molar-refractivity contribution is 0.0484. The van der Waals surface area contributed by atoms with Crippen LogP contribution in [0.4, 0.5) is 10.2 Å². The van der Waals surface area contributed by atoms with E-state index in [2.05, 4.69) is 15.1 Å². The summed E-state index contributed by atoms with van der Waals surface area (Å²) >= 11 is 0. The van der Waals surface area contributed by atoms with Crippen LogP contribution in [-0.2, 0) is 24.8 Å². The maximum absolute atomic E-state index is 13.3. The lowest BCUT2D eigenvalue weighted by atomic mass is 10.2. The average molecular weight is 361 g/mol. The van der Waals surface area contributed by atoms with Crippen molar-refractivity contribution in [2.24, 2.45) is 0 Å². The van der Waals surface area contributed by atoms with Gasteiger partial charge < -0.3 is 19.5 Å². The molecule has 0 fully saturated rings. The second-order valence-corrected chi connectivity index (χ2v) is 6.85. The molecular weight excluding hydrogens is 340 g/mol. The molecule has 11 heteroatoms. The minimum atomic E-state index is -3.39. The number of rotatable bonds is 10. The summed E-state index contributed by atoms with van der Waals surface area (Å²) < 4.78 is 42.8. The molecular formula is C13H21FN5O4P. The van der Waals surface area contributed by atoms with Crippen molar-refractivity contribution in [3.63, 3.8) is 0 Å². The van der Waals surface area contributed by atoms with Crippen molar-refractivity contribution >= 4 is 19.1 Å². The molecule has 24 heavy (non-hydrogen) atoms. The van der Waals surface area contributed by atoms with E-state index >= 15 is 0 Å². The van der Waals surface area contributed by atoms with Crippen molar-refractivity contribution in [2.45, 2.75) is 26.4 Å². The van der Waals surface area contributed by atoms with Crippen LogP contribution in [-0.4, -0.2) is 51.9 Å². The predicted octanol–water partition coefficient (Wildman–Crippen LogP) is 1.83. The van der Waals surface area contributed by atoms with Gasteiger partial charge in [0.25, 0.3) is 0 Å². The highest BCUT2D eigenvalue weighted by Gasteiger charge is 2.26. The molecule has 0 saturated carbocycles. The predicted molar refractivity (Wildman–Crippen MR) is 85.5 cm³/mol. The Morgan fingerprint density at radius 2 is 2.04 bits per heavy atom. The van der Waals surface area contributed by atoms with Crippen molar-refractivity contribution in [1.82, 2.24) is 19.6 Å². The van der Waals surface area contributed by atoms with Gasteiger partial charge in [0.05, 0.1) is 31.2 Å². The first-order chi connectivity index (χ1) is 11.5. The van der Waals surface area contributed by atoms with E-state index in [1.165, 1.54) is 17.0 Å². The van der Waals surface area contributed by atoms with Gasteiger partial charge in [-0.25, -0.2) is 18.9 Å². The fourth-order valence-electron chi connectivity index (χ4n) is 2.11. The Hall–Kier alpha value is -1.61. The monoisotopic (exact) mass is 361 g/mol. The molecule has 2 aromatic heterocycles. The number of nitrogens with two attached hydrogens (primary N) is 1. The normalized spacial score (nSPS) is 13.5. The van der Waals surface area contributed by atoms with E-state index in [0.717, 1.165) is 0 Å². The Kier molecular flexibility index (Phi) is 6.61. The van der Waals surface area contributed by atoms with Gasteiger partial charge in [-0.15, -0.1) is 0 Å². The minimum Gasteiger partial charge on any atom is -0.381 e. The highest BCUT2D eigenvalue weighted by Crippen LogP contribution is 2.48. The second kappa shape index (κ2) is 8.48. The number of aromatic nitrogens is 4. The van der Waals surface area contributed by atoms with Crippen LogP contribution in [0, 0.1) is 0 Å². The molecule has 0 radical (unpaired) electrons. The van der Waals surface area contributed by atoms with Crippen LogP contribution < -0.4 is 5.73 Å². The maximum atomic E-state index is 13.3. The molecule has 0 saturated heterocycles. The molecule has 0 bridgehead atoms. The first-order valence-corrected chi connectivity index (χ1v) is 9.24. The topological polar surface area (TPSA) is 114 Å². The fourth-order valence-corrected chi connectivity index (χ4v) is 3.52. The van der Waals surface area contributed by atoms with Crippen molar-refractivity contribution in [3.8, 4) is 0 Å². The van der Waals surface area contributed by atoms with E-state index in [1.54, 1.807) is 13.8 Å². The molecule has 2 rings (SSSR count). The van der Waals surface area contributed by atoms with Gasteiger partial charge in [-0.3, -0.25) is 4.57 Å². The van der Waals surface area contributed by atoms with Crippen LogP contribution in [0.5, 0.6) is 0 Å². The summed E-state index contributed by atoms with van der Waals surface area (Å²) in [7, 11) is -3.39. The molecule has 2 N–H and O–H groups in total. The van der Waals surface area contributed by atoms with Gasteiger partial charge in [-0.05, 0) is 13.8 Å². The van der Waals surface area contributed by atoms with Gasteiger partial charge in [0.15, 0.2) is 11.5 Å². The molecule has 0 spiro atoms. The van der Waals surface area contributed by atoms with Crippen molar-refractivity contribution in [3.05, 3.63) is 18.2 Å². The van der Waals surface area contributed by atoms with Gasteiger partial charge in [-0.2, -0.15) is 5.10 Å². The molecule has 0 amide bonds. The lowest BCUT2D eigenvalue weighted by Gasteiger charge is -2.20. The van der Waals surface area contributed by atoms with Gasteiger partial charge >= 0.3 is 7.60 Å². The number of halogens is 1. The quantitative estimate of drug-likeness (QED) is 0.638. The first-order valence-electron chi connectivity index (χ1n) is 7.51. The summed E-state index contributed by atoms with van der Waals surface area (Å²) in [5.41, 5.74) is 6.70. The lowest BCUT2D eigenvalue weighted by Crippen LogP contribution is -2.21. The van der Waals surface area contributed by atoms with Crippen LogP contribution in [0.25, 0.3) is 5.65 Å². The SMILES string of the molecule is CCOP(=O)(CO[C@H](CF)Cc1cnc2c(N)ncnn12)OCC. The summed E-state index contributed by atoms with van der Waals surface area (Å²) in [5.74, 6) is 0.228. The molecule has 9 nitrogen and oxygen atoms in total. The number of alkyl halides is 1. The molecule has 0 unspecified atom stereocenters. The molecule has 0 aromatic carbocycles. The van der Waals surface area contributed by atoms with Gasteiger partial charge in [0, 0.05) is 6.42 Å². The summed E-state index contributed by atoms with van der Waals surface area (Å²) in [4.78, 5) is 7.94. The number of hydrogen-bond acceptors (Lipinski definition) is 8. The Bertz CT molecular complexity index is 703. The summed E-state index contributed by atoms with van der Waals surface area (Å²) in [6.07, 6.45) is 1.83. The average Bonchev–Trinajstić information content (AvgIpc) is 2.96. The Morgan fingerprint density at radius 1 is 1.33 bits per heavy atom. The van der Waals surface area contributed by atoms with E-state index < -0.39 is 20.4 Å². The molecule has 0 aliphatic heterocycles. The van der Waals surface area contributed by atoms with E-state index in [4.69, 9.17) is 19.5 Å². The molecule has 134 valence electrons. The number of ether oxygens (including phenoxy) is 1. The van der Waals surface area contributed by atoms with E-state index in [9.17, 15) is 8.96 Å². The highest BCUT2D eigenvalue weighted by molar-refractivity contribution is 7.53. The largest absolute Gasteiger partial charge is 0.381 e. The number of hydrogen-bond donors (Lipinski definition) is 1. The third-order valence-electron chi connectivity index (χ3n) is 3.13. The zero-order valence-electron chi connectivity index (χ0n) is 13.6. The fraction of sp³-hybridized carbons (Fsp3) is 0.615. The number of nitrogens with zero attached hydrogens (tertiary/aromatic N) is 4. The minimum absolute atomic E-state index is 0.173. The zero-order valence-corrected chi connectivity index (χ0v) is 14.5. The molecule has 2 heterocycles. The van der Waals surface area contributed by atoms with E-state index in [1.807, 2.05) is 0 Å². The third kappa shape index (κ3) is 4.47. The number of anilines is 1. The van der Waals surface area contributed by atoms with Crippen LogP contribution >= 0.6 is 7.60 Å². The number of fused-ring (bicyclic) bond motifs is 1. The van der Waals surface area contributed by atoms with Gasteiger partial charge in [-0.1, -0.05) is 0 Å². The number of nitrogen functional groups attached to an aromatic ring is 1. The van der Waals surface area contributed by atoms with Crippen LogP contribution in [0.1, 0.15) is 19.5 Å². The zero-order chi connectivity index (χ0) is 17.6. The first kappa shape index (κ1) is 18.7.